The Morgan fingerprint density at radius 1 is 0.676 bits per heavy atom. The lowest BCUT2D eigenvalue weighted by Crippen LogP contribution is -2.47. The molecule has 1 fully saturated rings. The molecular formula is C28H34N2O4. The van der Waals surface area contributed by atoms with E-state index in [9.17, 15) is 9.59 Å². The van der Waals surface area contributed by atoms with E-state index in [1.54, 1.807) is 26.4 Å². The van der Waals surface area contributed by atoms with Crippen molar-refractivity contribution in [3.63, 3.8) is 0 Å². The van der Waals surface area contributed by atoms with E-state index >= 15 is 0 Å². The molecule has 6 heteroatoms. The first-order chi connectivity index (χ1) is 16.6. The van der Waals surface area contributed by atoms with E-state index in [0.29, 0.717) is 12.8 Å². The number of piperazine rings is 1. The fraction of sp³-hybridized carbons (Fsp3) is 0.357. The van der Waals surface area contributed by atoms with Gasteiger partial charge in [0.15, 0.2) is 11.6 Å². The summed E-state index contributed by atoms with van der Waals surface area (Å²) in [5.41, 5.74) is 1.97. The summed E-state index contributed by atoms with van der Waals surface area (Å²) < 4.78 is 10.3. The van der Waals surface area contributed by atoms with Gasteiger partial charge in [0.05, 0.1) is 14.2 Å². The number of allylic oxidation sites excluding steroid dienone is 2. The third kappa shape index (κ3) is 8.61. The summed E-state index contributed by atoms with van der Waals surface area (Å²) in [6.07, 6.45) is 8.04. The third-order valence-electron chi connectivity index (χ3n) is 5.97. The summed E-state index contributed by atoms with van der Waals surface area (Å²) in [6, 6.07) is 15.3. The number of hydrogen-bond donors (Lipinski definition) is 0. The average Bonchev–Trinajstić information content (AvgIpc) is 2.89. The highest BCUT2D eigenvalue weighted by Crippen LogP contribution is 2.13. The van der Waals surface area contributed by atoms with Crippen LogP contribution in [0.15, 0.2) is 60.7 Å². The molecule has 1 aliphatic rings. The molecule has 180 valence electrons. The van der Waals surface area contributed by atoms with Gasteiger partial charge < -0.3 is 19.3 Å². The molecule has 6 nitrogen and oxygen atoms in total. The Labute approximate surface area is 202 Å². The van der Waals surface area contributed by atoms with Crippen molar-refractivity contribution in [2.75, 3.05) is 53.5 Å². The van der Waals surface area contributed by atoms with Crippen molar-refractivity contribution in [2.45, 2.75) is 12.8 Å². The van der Waals surface area contributed by atoms with Crippen LogP contribution in [0.25, 0.3) is 12.2 Å². The summed E-state index contributed by atoms with van der Waals surface area (Å²) in [7, 11) is 3.27. The zero-order valence-electron chi connectivity index (χ0n) is 20.1. The van der Waals surface area contributed by atoms with Crippen molar-refractivity contribution >= 4 is 23.7 Å². The van der Waals surface area contributed by atoms with Gasteiger partial charge in [-0.15, -0.1) is 0 Å². The first kappa shape index (κ1) is 25.4. The van der Waals surface area contributed by atoms with Gasteiger partial charge in [-0.3, -0.25) is 9.59 Å². The zero-order chi connectivity index (χ0) is 24.2. The number of ketones is 2. The Hall–Kier alpha value is -3.22. The number of benzene rings is 2. The second-order valence-corrected chi connectivity index (χ2v) is 8.33. The quantitative estimate of drug-likeness (QED) is 0.445. The number of methoxy groups -OCH3 is 2. The van der Waals surface area contributed by atoms with Gasteiger partial charge in [-0.2, -0.15) is 0 Å². The van der Waals surface area contributed by atoms with Gasteiger partial charge in [0, 0.05) is 52.1 Å². The molecule has 3 rings (SSSR count). The van der Waals surface area contributed by atoms with E-state index in [0.717, 1.165) is 61.9 Å². The lowest BCUT2D eigenvalue weighted by atomic mass is 10.1. The zero-order valence-corrected chi connectivity index (χ0v) is 20.1. The Morgan fingerprint density at radius 3 is 1.35 bits per heavy atom. The van der Waals surface area contributed by atoms with Crippen LogP contribution < -0.4 is 9.47 Å². The van der Waals surface area contributed by atoms with Gasteiger partial charge in [0.2, 0.25) is 0 Å². The van der Waals surface area contributed by atoms with Crippen LogP contribution in [0.3, 0.4) is 0 Å². The number of nitrogens with zero attached hydrogens (tertiary/aromatic N) is 2. The predicted octanol–water partition coefficient (Wildman–Crippen LogP) is 3.97. The maximum absolute atomic E-state index is 12.2. The summed E-state index contributed by atoms with van der Waals surface area (Å²) in [5, 5.41) is 0. The fourth-order valence-electron chi connectivity index (χ4n) is 3.75. The summed E-state index contributed by atoms with van der Waals surface area (Å²) in [4.78, 5) is 29.1. The molecule has 0 atom stereocenters. The van der Waals surface area contributed by atoms with Gasteiger partial charge >= 0.3 is 0 Å². The Bertz CT molecular complexity index is 891. The average molecular weight is 463 g/mol. The van der Waals surface area contributed by atoms with Crippen molar-refractivity contribution in [1.82, 2.24) is 9.80 Å². The van der Waals surface area contributed by atoms with Crippen LogP contribution in [0.5, 0.6) is 11.5 Å². The number of carbonyl (C=O) groups excluding carboxylic acids is 2. The molecule has 0 N–H and O–H groups in total. The van der Waals surface area contributed by atoms with Gasteiger partial charge in [-0.25, -0.2) is 0 Å². The van der Waals surface area contributed by atoms with Gasteiger partial charge in [0.25, 0.3) is 0 Å². The molecule has 2 aromatic carbocycles. The van der Waals surface area contributed by atoms with E-state index < -0.39 is 0 Å². The number of ether oxygens (including phenoxy) is 2. The maximum atomic E-state index is 12.2. The number of hydrogen-bond acceptors (Lipinski definition) is 6. The van der Waals surface area contributed by atoms with Gasteiger partial charge in [-0.05, 0) is 47.5 Å². The van der Waals surface area contributed by atoms with Crippen LogP contribution in [0.1, 0.15) is 24.0 Å². The lowest BCUT2D eigenvalue weighted by Gasteiger charge is -2.34. The van der Waals surface area contributed by atoms with Crippen molar-refractivity contribution in [3.8, 4) is 11.5 Å². The highest BCUT2D eigenvalue weighted by Gasteiger charge is 2.17. The number of rotatable bonds is 12. The first-order valence-corrected chi connectivity index (χ1v) is 11.7. The fourth-order valence-corrected chi connectivity index (χ4v) is 3.75. The van der Waals surface area contributed by atoms with Gasteiger partial charge in [0.1, 0.15) is 11.5 Å². The SMILES string of the molecule is COc1ccc(/C=C/C(=O)CCN2CCN(CCC(=O)/C=C/c3ccc(OC)cc3)CC2)cc1. The highest BCUT2D eigenvalue weighted by atomic mass is 16.5. The molecule has 0 unspecified atom stereocenters. The molecule has 1 heterocycles. The van der Waals surface area contributed by atoms with Crippen molar-refractivity contribution in [2.24, 2.45) is 0 Å². The lowest BCUT2D eigenvalue weighted by molar-refractivity contribution is -0.116. The molecule has 0 spiro atoms. The molecule has 1 saturated heterocycles. The van der Waals surface area contributed by atoms with Gasteiger partial charge in [-0.1, -0.05) is 36.4 Å². The third-order valence-corrected chi connectivity index (χ3v) is 5.97. The molecule has 1 aliphatic heterocycles. The van der Waals surface area contributed by atoms with E-state index in [1.165, 1.54) is 0 Å². The molecule has 34 heavy (non-hydrogen) atoms. The normalized spacial score (nSPS) is 15.1. The molecule has 0 radical (unpaired) electrons. The second kappa shape index (κ2) is 13.5. The molecular weight excluding hydrogens is 428 g/mol. The van der Waals surface area contributed by atoms with E-state index in [-0.39, 0.29) is 11.6 Å². The summed E-state index contributed by atoms with van der Waals surface area (Å²) >= 11 is 0. The summed E-state index contributed by atoms with van der Waals surface area (Å²) in [5.74, 6) is 1.87. The minimum Gasteiger partial charge on any atom is -0.497 e. The van der Waals surface area contributed by atoms with E-state index in [2.05, 4.69) is 9.80 Å². The molecule has 0 amide bonds. The van der Waals surface area contributed by atoms with Crippen molar-refractivity contribution in [3.05, 3.63) is 71.8 Å². The Balaban J connectivity index is 1.30. The minimum atomic E-state index is 0.132. The number of carbonyl (C=O) groups is 2. The highest BCUT2D eigenvalue weighted by molar-refractivity contribution is 5.94. The minimum absolute atomic E-state index is 0.132. The standard InChI is InChI=1S/C28H34N2O4/c1-33-27-11-5-23(6-12-27)3-9-25(31)15-17-29-19-21-30(22-20-29)18-16-26(32)10-4-24-7-13-28(34-2)14-8-24/h3-14H,15-22H2,1-2H3/b9-3+,10-4+. The van der Waals surface area contributed by atoms with Crippen molar-refractivity contribution in [1.29, 1.82) is 0 Å². The van der Waals surface area contributed by atoms with E-state index in [1.807, 2.05) is 60.7 Å². The summed E-state index contributed by atoms with van der Waals surface area (Å²) in [6.45, 7) is 5.22. The predicted molar refractivity (Wildman–Crippen MR) is 136 cm³/mol. The van der Waals surface area contributed by atoms with Crippen LogP contribution in [0.4, 0.5) is 0 Å². The molecule has 0 aromatic heterocycles. The largest absolute Gasteiger partial charge is 0.497 e. The molecule has 2 aromatic rings. The van der Waals surface area contributed by atoms with Crippen LogP contribution in [-0.2, 0) is 9.59 Å². The first-order valence-electron chi connectivity index (χ1n) is 11.7. The molecule has 0 aliphatic carbocycles. The van der Waals surface area contributed by atoms with Crippen molar-refractivity contribution < 1.29 is 19.1 Å². The molecule has 0 bridgehead atoms. The maximum Gasteiger partial charge on any atom is 0.156 e. The van der Waals surface area contributed by atoms with Crippen LogP contribution >= 0.6 is 0 Å². The Morgan fingerprint density at radius 2 is 1.03 bits per heavy atom. The van der Waals surface area contributed by atoms with Crippen LogP contribution in [-0.4, -0.2) is 74.9 Å². The second-order valence-electron chi connectivity index (χ2n) is 8.33. The van der Waals surface area contributed by atoms with E-state index in [4.69, 9.17) is 9.47 Å². The topological polar surface area (TPSA) is 59.1 Å². The monoisotopic (exact) mass is 462 g/mol. The molecule has 0 saturated carbocycles. The van der Waals surface area contributed by atoms with Crippen LogP contribution in [0, 0.1) is 0 Å². The smallest absolute Gasteiger partial charge is 0.156 e. The Kier molecular flexibility index (Phi) is 10.1. The van der Waals surface area contributed by atoms with Crippen LogP contribution in [0.2, 0.25) is 0 Å².